The third-order valence-electron chi connectivity index (χ3n) is 3.22. The van der Waals surface area contributed by atoms with E-state index in [2.05, 4.69) is 19.6 Å². The van der Waals surface area contributed by atoms with Crippen molar-refractivity contribution in [1.82, 2.24) is 0 Å². The van der Waals surface area contributed by atoms with Crippen LogP contribution in [0.2, 0.25) is 25.2 Å². The van der Waals surface area contributed by atoms with E-state index in [9.17, 15) is 9.59 Å². The first-order valence-corrected chi connectivity index (χ1v) is 8.37. The minimum absolute atomic E-state index is 0.148. The van der Waals surface area contributed by atoms with Crippen LogP contribution in [0.4, 0.5) is 0 Å². The topological polar surface area (TPSA) is 34.1 Å². The van der Waals surface area contributed by atoms with Crippen LogP contribution < -0.4 is 0 Å². The monoisotopic (exact) mass is 198 g/mol. The molecule has 2 nitrogen and oxygen atoms in total. The maximum absolute atomic E-state index is 11.6. The molecule has 0 amide bonds. The van der Waals surface area contributed by atoms with Crippen LogP contribution in [-0.2, 0) is 9.59 Å². The summed E-state index contributed by atoms with van der Waals surface area (Å²) in [5.74, 6) is 0.148. The second-order valence-corrected chi connectivity index (χ2v) is 11.0. The first-order valence-electron chi connectivity index (χ1n) is 4.79. The van der Waals surface area contributed by atoms with Crippen LogP contribution in [0.15, 0.2) is 0 Å². The Kier molecular flexibility index (Phi) is 2.49. The van der Waals surface area contributed by atoms with Crippen LogP contribution in [0.1, 0.15) is 19.8 Å². The summed E-state index contributed by atoms with van der Waals surface area (Å²) in [5.41, 5.74) is -0.166. The molecule has 74 valence electrons. The van der Waals surface area contributed by atoms with E-state index in [4.69, 9.17) is 0 Å². The SMILES string of the molecule is CC1(C=O)CC([Si](C)(C)C)CC1=O. The molecule has 0 aromatic carbocycles. The van der Waals surface area contributed by atoms with Gasteiger partial charge in [0.25, 0.3) is 0 Å². The number of hydrogen-bond donors (Lipinski definition) is 0. The fourth-order valence-electron chi connectivity index (χ4n) is 1.88. The first-order chi connectivity index (χ1) is 5.79. The number of aldehydes is 1. The summed E-state index contributed by atoms with van der Waals surface area (Å²) in [6.45, 7) is 8.58. The lowest BCUT2D eigenvalue weighted by molar-refractivity contribution is -0.130. The van der Waals surface area contributed by atoms with Gasteiger partial charge < -0.3 is 4.79 Å². The third-order valence-corrected chi connectivity index (χ3v) is 6.08. The summed E-state index contributed by atoms with van der Waals surface area (Å²) in [4.78, 5) is 22.4. The van der Waals surface area contributed by atoms with Crippen molar-refractivity contribution in [2.45, 2.75) is 44.9 Å². The molecule has 1 aliphatic carbocycles. The van der Waals surface area contributed by atoms with Gasteiger partial charge in [-0.1, -0.05) is 19.6 Å². The van der Waals surface area contributed by atoms with E-state index in [1.807, 2.05) is 0 Å². The molecule has 0 heterocycles. The van der Waals surface area contributed by atoms with Gasteiger partial charge in [0.2, 0.25) is 0 Å². The van der Waals surface area contributed by atoms with Crippen LogP contribution >= 0.6 is 0 Å². The fraction of sp³-hybridized carbons (Fsp3) is 0.800. The van der Waals surface area contributed by atoms with Crippen molar-refractivity contribution >= 4 is 20.1 Å². The summed E-state index contributed by atoms with van der Waals surface area (Å²) in [7, 11) is -1.25. The number of rotatable bonds is 2. The zero-order chi connectivity index (χ0) is 10.3. The Morgan fingerprint density at radius 3 is 2.23 bits per heavy atom. The third kappa shape index (κ3) is 1.90. The van der Waals surface area contributed by atoms with Crippen LogP contribution in [0.3, 0.4) is 0 Å². The van der Waals surface area contributed by atoms with E-state index in [0.29, 0.717) is 12.0 Å². The highest BCUT2D eigenvalue weighted by atomic mass is 28.3. The van der Waals surface area contributed by atoms with Crippen molar-refractivity contribution in [2.75, 3.05) is 0 Å². The van der Waals surface area contributed by atoms with Gasteiger partial charge in [-0.15, -0.1) is 0 Å². The number of hydrogen-bond acceptors (Lipinski definition) is 2. The predicted molar refractivity (Wildman–Crippen MR) is 55.5 cm³/mol. The van der Waals surface area contributed by atoms with Gasteiger partial charge >= 0.3 is 0 Å². The molecule has 2 atom stereocenters. The fourth-order valence-corrected chi connectivity index (χ4v) is 3.72. The molecule has 3 heteroatoms. The van der Waals surface area contributed by atoms with Crippen molar-refractivity contribution in [2.24, 2.45) is 5.41 Å². The smallest absolute Gasteiger partial charge is 0.145 e. The van der Waals surface area contributed by atoms with E-state index in [1.165, 1.54) is 0 Å². The summed E-state index contributed by atoms with van der Waals surface area (Å²) in [5, 5.41) is 0. The largest absolute Gasteiger partial charge is 0.302 e. The van der Waals surface area contributed by atoms with Crippen molar-refractivity contribution in [3.8, 4) is 0 Å². The Hall–Kier alpha value is -0.443. The Balaban J connectivity index is 2.83. The molecule has 2 unspecified atom stereocenters. The second kappa shape index (κ2) is 3.05. The summed E-state index contributed by atoms with van der Waals surface area (Å²) >= 11 is 0. The molecule has 1 saturated carbocycles. The normalized spacial score (nSPS) is 35.1. The Labute approximate surface area is 80.7 Å². The maximum atomic E-state index is 11.6. The highest BCUT2D eigenvalue weighted by molar-refractivity contribution is 6.78. The number of carbonyl (C=O) groups is 2. The second-order valence-electron chi connectivity index (χ2n) is 5.43. The average molecular weight is 198 g/mol. The molecule has 0 aliphatic heterocycles. The maximum Gasteiger partial charge on any atom is 0.145 e. The summed E-state index contributed by atoms with van der Waals surface area (Å²) in [6, 6.07) is 0. The quantitative estimate of drug-likeness (QED) is 0.387. The Morgan fingerprint density at radius 2 is 2.00 bits per heavy atom. The van der Waals surface area contributed by atoms with Gasteiger partial charge in [0, 0.05) is 14.5 Å². The van der Waals surface area contributed by atoms with E-state index in [-0.39, 0.29) is 5.78 Å². The molecule has 13 heavy (non-hydrogen) atoms. The lowest BCUT2D eigenvalue weighted by atomic mass is 9.90. The highest BCUT2D eigenvalue weighted by Gasteiger charge is 2.46. The van der Waals surface area contributed by atoms with Crippen LogP contribution in [0.5, 0.6) is 0 Å². The molecule has 0 spiro atoms. The van der Waals surface area contributed by atoms with Crippen molar-refractivity contribution < 1.29 is 9.59 Å². The molecule has 0 N–H and O–H groups in total. The first kappa shape index (κ1) is 10.6. The lowest BCUT2D eigenvalue weighted by Crippen LogP contribution is -2.27. The van der Waals surface area contributed by atoms with E-state index >= 15 is 0 Å². The van der Waals surface area contributed by atoms with Crippen LogP contribution in [0, 0.1) is 5.41 Å². The molecule has 0 bridgehead atoms. The minimum atomic E-state index is -1.25. The molecular weight excluding hydrogens is 180 g/mol. The Bertz CT molecular complexity index is 242. The van der Waals surface area contributed by atoms with Gasteiger partial charge in [0.05, 0.1) is 5.41 Å². The zero-order valence-corrected chi connectivity index (χ0v) is 9.89. The molecule has 0 radical (unpaired) electrons. The van der Waals surface area contributed by atoms with Crippen LogP contribution in [0.25, 0.3) is 0 Å². The number of carbonyl (C=O) groups excluding carboxylic acids is 2. The van der Waals surface area contributed by atoms with Crippen LogP contribution in [-0.4, -0.2) is 20.1 Å². The average Bonchev–Trinajstić information content (AvgIpc) is 2.29. The summed E-state index contributed by atoms with van der Waals surface area (Å²) in [6.07, 6.45) is 2.26. The molecule has 0 saturated heterocycles. The van der Waals surface area contributed by atoms with Gasteiger partial charge in [-0.05, 0) is 18.9 Å². The predicted octanol–water partition coefficient (Wildman–Crippen LogP) is 2.26. The molecular formula is C10H18O2Si. The van der Waals surface area contributed by atoms with Gasteiger partial charge in [-0.25, -0.2) is 0 Å². The van der Waals surface area contributed by atoms with Crippen molar-refractivity contribution in [3.63, 3.8) is 0 Å². The van der Waals surface area contributed by atoms with Gasteiger partial charge in [-0.3, -0.25) is 4.79 Å². The van der Waals surface area contributed by atoms with E-state index in [0.717, 1.165) is 12.7 Å². The molecule has 1 aliphatic rings. The number of ketones is 1. The van der Waals surface area contributed by atoms with Gasteiger partial charge in [0.1, 0.15) is 12.1 Å². The standard InChI is InChI=1S/C10H18O2Si/c1-10(7-11)6-8(5-9(10)12)13(2,3)4/h7-8H,5-6H2,1-4H3. The van der Waals surface area contributed by atoms with Crippen molar-refractivity contribution in [3.05, 3.63) is 0 Å². The minimum Gasteiger partial charge on any atom is -0.302 e. The molecule has 0 aromatic rings. The molecule has 0 aromatic heterocycles. The highest BCUT2D eigenvalue weighted by Crippen LogP contribution is 2.45. The molecule has 1 rings (SSSR count). The molecule has 1 fully saturated rings. The van der Waals surface area contributed by atoms with E-state index in [1.54, 1.807) is 6.92 Å². The zero-order valence-electron chi connectivity index (χ0n) is 8.89. The Morgan fingerprint density at radius 1 is 1.46 bits per heavy atom. The van der Waals surface area contributed by atoms with Gasteiger partial charge in [-0.2, -0.15) is 0 Å². The van der Waals surface area contributed by atoms with Gasteiger partial charge in [0.15, 0.2) is 0 Å². The summed E-state index contributed by atoms with van der Waals surface area (Å²) < 4.78 is 0. The lowest BCUT2D eigenvalue weighted by Gasteiger charge is -2.24. The van der Waals surface area contributed by atoms with Crippen molar-refractivity contribution in [1.29, 1.82) is 0 Å². The van der Waals surface area contributed by atoms with E-state index < -0.39 is 13.5 Å². The number of Topliss-reactive ketones (excluding diaryl/α,β-unsaturated/α-hetero) is 1.